The second-order valence-corrected chi connectivity index (χ2v) is 8.86. The summed E-state index contributed by atoms with van der Waals surface area (Å²) in [6.07, 6.45) is 0. The van der Waals surface area contributed by atoms with Gasteiger partial charge in [0.25, 0.3) is 0 Å². The number of hydrogen-bond donors (Lipinski definition) is 2. The van der Waals surface area contributed by atoms with Crippen molar-refractivity contribution >= 4 is 45.6 Å². The summed E-state index contributed by atoms with van der Waals surface area (Å²) in [6.45, 7) is 6.34. The molecule has 7 nitrogen and oxygen atoms in total. The molecule has 0 saturated carbocycles. The van der Waals surface area contributed by atoms with Crippen molar-refractivity contribution in [1.82, 2.24) is 14.9 Å². The zero-order valence-corrected chi connectivity index (χ0v) is 20.9. The van der Waals surface area contributed by atoms with Gasteiger partial charge in [-0.05, 0) is 55.9 Å². The van der Waals surface area contributed by atoms with E-state index in [-0.39, 0.29) is 34.7 Å². The van der Waals surface area contributed by atoms with E-state index in [1.807, 2.05) is 13.0 Å². The van der Waals surface area contributed by atoms with Crippen LogP contribution in [0.2, 0.25) is 0 Å². The number of aliphatic imine (C=N–C) groups is 1. The van der Waals surface area contributed by atoms with E-state index >= 15 is 0 Å². The normalized spacial score (nSPS) is 14.9. The van der Waals surface area contributed by atoms with Crippen LogP contribution in [-0.2, 0) is 16.6 Å². The lowest BCUT2D eigenvalue weighted by Crippen LogP contribution is -2.52. The summed E-state index contributed by atoms with van der Waals surface area (Å²) in [4.78, 5) is 9.37. The van der Waals surface area contributed by atoms with Gasteiger partial charge < -0.3 is 15.1 Å². The molecule has 0 unspecified atom stereocenters. The number of piperazine rings is 1. The number of rotatable bonds is 6. The Labute approximate surface area is 200 Å². The molecular formula is C21H29FIN5O2S. The molecule has 1 saturated heterocycles. The molecule has 31 heavy (non-hydrogen) atoms. The number of sulfonamides is 1. The summed E-state index contributed by atoms with van der Waals surface area (Å²) in [6, 6.07) is 13.4. The van der Waals surface area contributed by atoms with E-state index in [1.165, 1.54) is 19.2 Å². The average molecular weight is 561 g/mol. The van der Waals surface area contributed by atoms with Crippen LogP contribution in [0.4, 0.5) is 10.1 Å². The molecule has 2 aromatic carbocycles. The van der Waals surface area contributed by atoms with Gasteiger partial charge in [-0.25, -0.2) is 22.5 Å². The molecule has 0 amide bonds. The van der Waals surface area contributed by atoms with Gasteiger partial charge in [-0.2, -0.15) is 0 Å². The van der Waals surface area contributed by atoms with Crippen LogP contribution in [-0.4, -0.2) is 59.0 Å². The standard InChI is InChI=1S/C21H28FN5O2S.HI/c1-3-24-21(25-16-17-5-4-6-20(15-17)30(28,29)23-2)27-13-11-26(12-14-27)19-9-7-18(22)8-10-19;/h4-10,15,23H,3,11-14,16H2,1-2H3,(H,24,25);1H. The smallest absolute Gasteiger partial charge is 0.240 e. The molecule has 1 heterocycles. The molecular weight excluding hydrogens is 532 g/mol. The number of guanidine groups is 1. The van der Waals surface area contributed by atoms with E-state index in [9.17, 15) is 12.8 Å². The number of nitrogens with zero attached hydrogens (tertiary/aromatic N) is 3. The van der Waals surface area contributed by atoms with Crippen molar-refractivity contribution in [3.63, 3.8) is 0 Å². The Morgan fingerprint density at radius 1 is 1.10 bits per heavy atom. The molecule has 0 bridgehead atoms. The monoisotopic (exact) mass is 561 g/mol. The predicted octanol–water partition coefficient (Wildman–Crippen LogP) is 2.64. The third-order valence-electron chi connectivity index (χ3n) is 4.99. The lowest BCUT2D eigenvalue weighted by atomic mass is 10.2. The van der Waals surface area contributed by atoms with Gasteiger partial charge in [0, 0.05) is 38.4 Å². The predicted molar refractivity (Wildman–Crippen MR) is 133 cm³/mol. The molecule has 0 aliphatic carbocycles. The highest BCUT2D eigenvalue weighted by atomic mass is 127. The number of hydrogen-bond acceptors (Lipinski definition) is 4. The summed E-state index contributed by atoms with van der Waals surface area (Å²) >= 11 is 0. The van der Waals surface area contributed by atoms with Crippen molar-refractivity contribution < 1.29 is 12.8 Å². The fourth-order valence-corrected chi connectivity index (χ4v) is 4.15. The van der Waals surface area contributed by atoms with Crippen molar-refractivity contribution in [2.45, 2.75) is 18.4 Å². The Balaban J connectivity index is 0.00000341. The van der Waals surface area contributed by atoms with Crippen molar-refractivity contribution in [3.8, 4) is 0 Å². The molecule has 1 fully saturated rings. The summed E-state index contributed by atoms with van der Waals surface area (Å²) < 4.78 is 39.5. The molecule has 0 radical (unpaired) electrons. The minimum Gasteiger partial charge on any atom is -0.368 e. The molecule has 1 aliphatic heterocycles. The molecule has 2 aromatic rings. The second-order valence-electron chi connectivity index (χ2n) is 6.98. The first kappa shape index (κ1) is 25.3. The van der Waals surface area contributed by atoms with E-state index < -0.39 is 10.0 Å². The summed E-state index contributed by atoms with van der Waals surface area (Å²) in [5.74, 6) is 0.573. The molecule has 2 N–H and O–H groups in total. The van der Waals surface area contributed by atoms with Gasteiger partial charge >= 0.3 is 0 Å². The van der Waals surface area contributed by atoms with Crippen LogP contribution in [0.25, 0.3) is 0 Å². The maximum absolute atomic E-state index is 13.2. The fourth-order valence-electron chi connectivity index (χ4n) is 3.35. The van der Waals surface area contributed by atoms with Crippen LogP contribution in [0.5, 0.6) is 0 Å². The fraction of sp³-hybridized carbons (Fsp3) is 0.381. The molecule has 1 aliphatic rings. The molecule has 10 heteroatoms. The highest BCUT2D eigenvalue weighted by Gasteiger charge is 2.20. The van der Waals surface area contributed by atoms with Crippen LogP contribution in [0.3, 0.4) is 0 Å². The van der Waals surface area contributed by atoms with Crippen LogP contribution in [0.1, 0.15) is 12.5 Å². The van der Waals surface area contributed by atoms with E-state index in [2.05, 4.69) is 19.8 Å². The largest absolute Gasteiger partial charge is 0.368 e. The van der Waals surface area contributed by atoms with E-state index in [4.69, 9.17) is 4.99 Å². The van der Waals surface area contributed by atoms with E-state index in [1.54, 1.807) is 30.3 Å². The zero-order valence-electron chi connectivity index (χ0n) is 17.7. The third kappa shape index (κ3) is 6.78. The Morgan fingerprint density at radius 3 is 2.39 bits per heavy atom. The number of benzene rings is 2. The van der Waals surface area contributed by atoms with Gasteiger partial charge in [-0.3, -0.25) is 0 Å². The minimum absolute atomic E-state index is 0. The van der Waals surface area contributed by atoms with Gasteiger partial charge in [-0.15, -0.1) is 24.0 Å². The quantitative estimate of drug-likeness (QED) is 0.322. The SMILES string of the molecule is CCNC(=NCc1cccc(S(=O)(=O)NC)c1)N1CCN(c2ccc(F)cc2)CC1.I. The molecule has 0 atom stereocenters. The number of nitrogens with one attached hydrogen (secondary N) is 2. The molecule has 0 aromatic heterocycles. The molecule has 0 spiro atoms. The summed E-state index contributed by atoms with van der Waals surface area (Å²) in [5.41, 5.74) is 1.84. The summed E-state index contributed by atoms with van der Waals surface area (Å²) in [5, 5.41) is 3.32. The van der Waals surface area contributed by atoms with Gasteiger partial charge in [0.15, 0.2) is 5.96 Å². The first-order valence-electron chi connectivity index (χ1n) is 9.99. The highest BCUT2D eigenvalue weighted by molar-refractivity contribution is 14.0. The van der Waals surface area contributed by atoms with Crippen LogP contribution >= 0.6 is 24.0 Å². The lowest BCUT2D eigenvalue weighted by Gasteiger charge is -2.37. The Kier molecular flexibility index (Phi) is 9.51. The maximum Gasteiger partial charge on any atom is 0.240 e. The number of halogens is 2. The lowest BCUT2D eigenvalue weighted by molar-refractivity contribution is 0.372. The van der Waals surface area contributed by atoms with Crippen molar-refractivity contribution in [2.75, 3.05) is 44.7 Å². The molecule has 3 rings (SSSR count). The van der Waals surface area contributed by atoms with Gasteiger partial charge in [-0.1, -0.05) is 12.1 Å². The minimum atomic E-state index is -3.48. The van der Waals surface area contributed by atoms with Crippen molar-refractivity contribution in [2.24, 2.45) is 4.99 Å². The van der Waals surface area contributed by atoms with Crippen molar-refractivity contribution in [1.29, 1.82) is 0 Å². The molecule has 170 valence electrons. The first-order valence-corrected chi connectivity index (χ1v) is 11.5. The van der Waals surface area contributed by atoms with Crippen LogP contribution in [0, 0.1) is 5.82 Å². The van der Waals surface area contributed by atoms with Crippen molar-refractivity contribution in [3.05, 3.63) is 59.9 Å². The number of anilines is 1. The first-order chi connectivity index (χ1) is 14.4. The topological polar surface area (TPSA) is 77.0 Å². The van der Waals surface area contributed by atoms with E-state index in [0.29, 0.717) is 6.54 Å². The van der Waals surface area contributed by atoms with Gasteiger partial charge in [0.2, 0.25) is 10.0 Å². The Morgan fingerprint density at radius 2 is 1.77 bits per heavy atom. The van der Waals surface area contributed by atoms with Crippen LogP contribution in [0.15, 0.2) is 58.4 Å². The third-order valence-corrected chi connectivity index (χ3v) is 6.41. The Bertz CT molecular complexity index is 978. The maximum atomic E-state index is 13.2. The average Bonchev–Trinajstić information content (AvgIpc) is 2.77. The van der Waals surface area contributed by atoms with Gasteiger partial charge in [0.05, 0.1) is 11.4 Å². The van der Waals surface area contributed by atoms with Crippen LogP contribution < -0.4 is 14.9 Å². The highest BCUT2D eigenvalue weighted by Crippen LogP contribution is 2.17. The summed E-state index contributed by atoms with van der Waals surface area (Å²) in [7, 11) is -2.08. The second kappa shape index (κ2) is 11.6. The zero-order chi connectivity index (χ0) is 21.6. The Hall–Kier alpha value is -1.92. The van der Waals surface area contributed by atoms with E-state index in [0.717, 1.165) is 49.9 Å². The van der Waals surface area contributed by atoms with Gasteiger partial charge in [0.1, 0.15) is 5.82 Å².